The second-order valence-electron chi connectivity index (χ2n) is 2.10. The van der Waals surface area contributed by atoms with Crippen LogP contribution in [0.25, 0.3) is 0 Å². The van der Waals surface area contributed by atoms with Gasteiger partial charge in [-0.25, -0.2) is 0 Å². The third-order valence-electron chi connectivity index (χ3n) is 1.22. The quantitative estimate of drug-likeness (QED) is 0.323. The van der Waals surface area contributed by atoms with Crippen molar-refractivity contribution in [3.05, 3.63) is 24.8 Å². The van der Waals surface area contributed by atoms with Gasteiger partial charge in [0, 0.05) is 6.08 Å². The van der Waals surface area contributed by atoms with E-state index in [2.05, 4.69) is 6.58 Å². The van der Waals surface area contributed by atoms with Crippen molar-refractivity contribution in [2.24, 2.45) is 0 Å². The molecule has 0 N–H and O–H groups in total. The van der Waals surface area contributed by atoms with Crippen LogP contribution >= 0.6 is 0 Å². The van der Waals surface area contributed by atoms with Gasteiger partial charge >= 0.3 is 0 Å². The Morgan fingerprint density at radius 3 is 2.60 bits per heavy atom. The lowest BCUT2D eigenvalue weighted by Gasteiger charge is -1.89. The van der Waals surface area contributed by atoms with Gasteiger partial charge in [-0.2, -0.15) is 5.26 Å². The number of unbranched alkanes of at least 4 members (excludes halogenated alkanes) is 3. The van der Waals surface area contributed by atoms with Gasteiger partial charge in [0.2, 0.25) is 0 Å². The first-order valence-electron chi connectivity index (χ1n) is 3.57. The predicted octanol–water partition coefficient (Wildman–Crippen LogP) is 2.81. The van der Waals surface area contributed by atoms with E-state index in [-0.39, 0.29) is 0 Å². The van der Waals surface area contributed by atoms with E-state index < -0.39 is 0 Å². The number of hydrogen-bond donors (Lipinski definition) is 0. The van der Waals surface area contributed by atoms with E-state index in [1.165, 1.54) is 12.5 Å². The Hall–Kier alpha value is -1.03. The minimum atomic E-state index is 1.02. The first-order chi connectivity index (χ1) is 4.91. The molecule has 0 saturated carbocycles. The maximum atomic E-state index is 8.12. The van der Waals surface area contributed by atoms with Crippen LogP contribution in [-0.4, -0.2) is 0 Å². The highest BCUT2D eigenvalue weighted by Gasteiger charge is 1.80. The standard InChI is InChI=1S/C9H13N/c1-2-3-4-5-6-7-8-9-10/h2,7-8H,1,3-6H2/b8-7+. The fourth-order valence-corrected chi connectivity index (χ4v) is 0.687. The maximum absolute atomic E-state index is 8.12. The van der Waals surface area contributed by atoms with E-state index in [1.807, 2.05) is 18.2 Å². The summed E-state index contributed by atoms with van der Waals surface area (Å²) in [5.74, 6) is 0. The van der Waals surface area contributed by atoms with Crippen LogP contribution < -0.4 is 0 Å². The van der Waals surface area contributed by atoms with E-state index in [0.29, 0.717) is 0 Å². The van der Waals surface area contributed by atoms with Gasteiger partial charge in [-0.05, 0) is 25.7 Å². The Kier molecular flexibility index (Phi) is 7.15. The molecule has 54 valence electrons. The zero-order valence-corrected chi connectivity index (χ0v) is 6.21. The molecule has 10 heavy (non-hydrogen) atoms. The van der Waals surface area contributed by atoms with Crippen LogP contribution in [0.3, 0.4) is 0 Å². The molecule has 0 aromatic carbocycles. The summed E-state index contributed by atoms with van der Waals surface area (Å²) in [6.07, 6.45) is 9.80. The first-order valence-corrected chi connectivity index (χ1v) is 3.57. The van der Waals surface area contributed by atoms with Crippen molar-refractivity contribution in [3.8, 4) is 6.07 Å². The predicted molar refractivity (Wildman–Crippen MR) is 43.4 cm³/mol. The highest BCUT2D eigenvalue weighted by molar-refractivity contribution is 5.01. The zero-order valence-electron chi connectivity index (χ0n) is 6.21. The Morgan fingerprint density at radius 2 is 2.00 bits per heavy atom. The van der Waals surface area contributed by atoms with Crippen LogP contribution in [-0.2, 0) is 0 Å². The van der Waals surface area contributed by atoms with Crippen LogP contribution in [0.2, 0.25) is 0 Å². The molecule has 0 unspecified atom stereocenters. The molecule has 0 aliphatic rings. The Morgan fingerprint density at radius 1 is 1.30 bits per heavy atom. The summed E-state index contributed by atoms with van der Waals surface area (Å²) in [5, 5.41) is 8.12. The van der Waals surface area contributed by atoms with Crippen molar-refractivity contribution < 1.29 is 0 Å². The van der Waals surface area contributed by atoms with Crippen molar-refractivity contribution in [2.45, 2.75) is 25.7 Å². The van der Waals surface area contributed by atoms with Gasteiger partial charge in [0.15, 0.2) is 0 Å². The van der Waals surface area contributed by atoms with Gasteiger partial charge in [0.1, 0.15) is 0 Å². The molecular formula is C9H13N. The highest BCUT2D eigenvalue weighted by Crippen LogP contribution is 2.00. The van der Waals surface area contributed by atoms with Crippen LogP contribution in [0.4, 0.5) is 0 Å². The summed E-state index contributed by atoms with van der Waals surface area (Å²) < 4.78 is 0. The molecule has 0 aromatic heterocycles. The van der Waals surface area contributed by atoms with E-state index in [4.69, 9.17) is 5.26 Å². The van der Waals surface area contributed by atoms with Gasteiger partial charge in [-0.15, -0.1) is 6.58 Å². The van der Waals surface area contributed by atoms with Gasteiger partial charge in [-0.1, -0.05) is 12.2 Å². The molecule has 0 spiro atoms. The second kappa shape index (κ2) is 7.97. The van der Waals surface area contributed by atoms with Gasteiger partial charge in [0.25, 0.3) is 0 Å². The van der Waals surface area contributed by atoms with Crippen molar-refractivity contribution in [1.82, 2.24) is 0 Å². The third kappa shape index (κ3) is 6.97. The topological polar surface area (TPSA) is 23.8 Å². The van der Waals surface area contributed by atoms with Gasteiger partial charge < -0.3 is 0 Å². The average molecular weight is 135 g/mol. The molecule has 0 atom stereocenters. The largest absolute Gasteiger partial charge is 0.193 e. The van der Waals surface area contributed by atoms with Crippen LogP contribution in [0.15, 0.2) is 24.8 Å². The minimum Gasteiger partial charge on any atom is -0.193 e. The van der Waals surface area contributed by atoms with Crippen molar-refractivity contribution >= 4 is 0 Å². The van der Waals surface area contributed by atoms with Crippen LogP contribution in [0.5, 0.6) is 0 Å². The van der Waals surface area contributed by atoms with Crippen molar-refractivity contribution in [2.75, 3.05) is 0 Å². The number of nitrogens with zero attached hydrogens (tertiary/aromatic N) is 1. The van der Waals surface area contributed by atoms with Crippen molar-refractivity contribution in [1.29, 1.82) is 5.26 Å². The summed E-state index contributed by atoms with van der Waals surface area (Å²) in [6, 6.07) is 1.96. The molecule has 1 nitrogen and oxygen atoms in total. The van der Waals surface area contributed by atoms with Crippen LogP contribution in [0, 0.1) is 11.3 Å². The lowest BCUT2D eigenvalue weighted by molar-refractivity contribution is 0.763. The molecule has 0 aromatic rings. The van der Waals surface area contributed by atoms with Gasteiger partial charge in [0.05, 0.1) is 6.07 Å². The Bertz CT molecular complexity index is 139. The molecule has 0 aliphatic carbocycles. The molecule has 0 rings (SSSR count). The molecule has 0 radical (unpaired) electrons. The fourth-order valence-electron chi connectivity index (χ4n) is 0.687. The average Bonchev–Trinajstić information content (AvgIpc) is 1.97. The van der Waals surface area contributed by atoms with Gasteiger partial charge in [-0.3, -0.25) is 0 Å². The molecule has 0 amide bonds. The molecule has 0 fully saturated rings. The number of nitriles is 1. The fraction of sp³-hybridized carbons (Fsp3) is 0.444. The smallest absolute Gasteiger partial charge is 0.0908 e. The summed E-state index contributed by atoms with van der Waals surface area (Å²) in [7, 11) is 0. The number of allylic oxidation sites excluding steroid dienone is 3. The molecule has 0 heterocycles. The molecule has 0 aliphatic heterocycles. The lowest BCUT2D eigenvalue weighted by atomic mass is 10.2. The lowest BCUT2D eigenvalue weighted by Crippen LogP contribution is -1.70. The highest BCUT2D eigenvalue weighted by atomic mass is 14.2. The second-order valence-corrected chi connectivity index (χ2v) is 2.10. The Balaban J connectivity index is 2.99. The molecule has 0 saturated heterocycles. The van der Waals surface area contributed by atoms with E-state index >= 15 is 0 Å². The molecular weight excluding hydrogens is 122 g/mol. The molecule has 1 heteroatoms. The molecule has 0 bridgehead atoms. The third-order valence-corrected chi connectivity index (χ3v) is 1.22. The monoisotopic (exact) mass is 135 g/mol. The normalized spacial score (nSPS) is 9.50. The summed E-state index contributed by atoms with van der Waals surface area (Å²) in [6.45, 7) is 3.62. The maximum Gasteiger partial charge on any atom is 0.0908 e. The minimum absolute atomic E-state index is 1.02. The van der Waals surface area contributed by atoms with E-state index in [0.717, 1.165) is 19.3 Å². The zero-order chi connectivity index (χ0) is 7.66. The first kappa shape index (κ1) is 8.97. The SMILES string of the molecule is C=CCCCC/C=C/C#N. The van der Waals surface area contributed by atoms with Crippen LogP contribution in [0.1, 0.15) is 25.7 Å². The summed E-state index contributed by atoms with van der Waals surface area (Å²) >= 11 is 0. The van der Waals surface area contributed by atoms with E-state index in [1.54, 1.807) is 0 Å². The van der Waals surface area contributed by atoms with Crippen molar-refractivity contribution in [3.63, 3.8) is 0 Å². The summed E-state index contributed by atoms with van der Waals surface area (Å²) in [5.41, 5.74) is 0. The Labute approximate surface area is 62.7 Å². The number of hydrogen-bond acceptors (Lipinski definition) is 1. The summed E-state index contributed by atoms with van der Waals surface area (Å²) in [4.78, 5) is 0. The van der Waals surface area contributed by atoms with E-state index in [9.17, 15) is 0 Å². The number of rotatable bonds is 5.